The minimum absolute atomic E-state index is 0.581. The predicted molar refractivity (Wildman–Crippen MR) is 75.9 cm³/mol. The Kier molecular flexibility index (Phi) is 3.02. The lowest BCUT2D eigenvalue weighted by Crippen LogP contribution is -2.10. The van der Waals surface area contributed by atoms with Crippen molar-refractivity contribution < 1.29 is 0 Å². The lowest BCUT2D eigenvalue weighted by atomic mass is 9.97. The normalized spacial score (nSPS) is 22.8. The first kappa shape index (κ1) is 12.2. The van der Waals surface area contributed by atoms with Gasteiger partial charge in [0.15, 0.2) is 0 Å². The van der Waals surface area contributed by atoms with Gasteiger partial charge in [-0.25, -0.2) is 4.98 Å². The summed E-state index contributed by atoms with van der Waals surface area (Å²) < 4.78 is 2.32. The number of aromatic nitrogens is 2. The van der Waals surface area contributed by atoms with E-state index >= 15 is 0 Å². The highest BCUT2D eigenvalue weighted by molar-refractivity contribution is 5.78. The molecule has 0 N–H and O–H groups in total. The van der Waals surface area contributed by atoms with E-state index in [2.05, 4.69) is 24.5 Å². The van der Waals surface area contributed by atoms with Crippen LogP contribution < -0.4 is 0 Å². The molecule has 0 amide bonds. The number of hydrogen-bond donors (Lipinski definition) is 0. The van der Waals surface area contributed by atoms with E-state index in [1.807, 2.05) is 18.2 Å². The average Bonchev–Trinajstić information content (AvgIpc) is 3.00. The Morgan fingerprint density at radius 2 is 2.26 bits per heavy atom. The molecule has 3 heteroatoms. The molecule has 1 fully saturated rings. The second-order valence-electron chi connectivity index (χ2n) is 5.54. The van der Waals surface area contributed by atoms with Crippen LogP contribution in [0.4, 0.5) is 0 Å². The van der Waals surface area contributed by atoms with E-state index in [0.29, 0.717) is 11.5 Å². The summed E-state index contributed by atoms with van der Waals surface area (Å²) in [7, 11) is 0. The molecule has 0 spiro atoms. The Balaban J connectivity index is 2.16. The second kappa shape index (κ2) is 4.70. The zero-order chi connectivity index (χ0) is 13.4. The summed E-state index contributed by atoms with van der Waals surface area (Å²) in [4.78, 5) is 4.84. The number of hydrogen-bond acceptors (Lipinski definition) is 2. The van der Waals surface area contributed by atoms with E-state index in [4.69, 9.17) is 10.2 Å². The van der Waals surface area contributed by atoms with Crippen LogP contribution in [0.15, 0.2) is 18.2 Å². The van der Waals surface area contributed by atoms with E-state index in [0.717, 1.165) is 23.5 Å². The van der Waals surface area contributed by atoms with E-state index < -0.39 is 0 Å². The van der Waals surface area contributed by atoms with Crippen LogP contribution in [0.5, 0.6) is 0 Å². The Morgan fingerprint density at radius 1 is 1.42 bits per heavy atom. The first-order valence-corrected chi connectivity index (χ1v) is 7.15. The van der Waals surface area contributed by atoms with Crippen molar-refractivity contribution in [3.63, 3.8) is 0 Å². The maximum Gasteiger partial charge on any atom is 0.113 e. The maximum absolute atomic E-state index is 9.00. The summed E-state index contributed by atoms with van der Waals surface area (Å²) in [6, 6.07) is 8.02. The van der Waals surface area contributed by atoms with Crippen LogP contribution in [0.25, 0.3) is 11.0 Å². The smallest absolute Gasteiger partial charge is 0.113 e. The van der Waals surface area contributed by atoms with Crippen molar-refractivity contribution in [2.75, 3.05) is 0 Å². The number of nitriles is 1. The molecule has 1 aromatic carbocycles. The number of benzene rings is 1. The van der Waals surface area contributed by atoms with Gasteiger partial charge >= 0.3 is 0 Å². The van der Waals surface area contributed by atoms with Crippen molar-refractivity contribution in [2.24, 2.45) is 5.92 Å². The molecule has 0 radical (unpaired) electrons. The van der Waals surface area contributed by atoms with Crippen LogP contribution >= 0.6 is 0 Å². The third-order valence-corrected chi connectivity index (χ3v) is 4.42. The van der Waals surface area contributed by atoms with E-state index in [1.54, 1.807) is 0 Å². The first-order valence-electron chi connectivity index (χ1n) is 7.15. The highest BCUT2D eigenvalue weighted by atomic mass is 15.1. The fraction of sp³-hybridized carbons (Fsp3) is 0.500. The molecule has 98 valence electrons. The van der Waals surface area contributed by atoms with Gasteiger partial charge in [0.2, 0.25) is 0 Å². The van der Waals surface area contributed by atoms with Gasteiger partial charge in [-0.1, -0.05) is 13.3 Å². The molecule has 2 atom stereocenters. The molecule has 0 bridgehead atoms. The van der Waals surface area contributed by atoms with Crippen molar-refractivity contribution >= 4 is 11.0 Å². The minimum atomic E-state index is 0.581. The Hall–Kier alpha value is -1.82. The zero-order valence-electron chi connectivity index (χ0n) is 11.6. The maximum atomic E-state index is 9.00. The third kappa shape index (κ3) is 1.92. The van der Waals surface area contributed by atoms with Gasteiger partial charge in [0.1, 0.15) is 5.82 Å². The second-order valence-corrected chi connectivity index (χ2v) is 5.54. The molecular formula is C16H19N3. The van der Waals surface area contributed by atoms with Crippen LogP contribution in [0.1, 0.15) is 50.4 Å². The molecule has 0 aliphatic heterocycles. The summed E-state index contributed by atoms with van der Waals surface area (Å²) in [5, 5.41) is 9.00. The summed E-state index contributed by atoms with van der Waals surface area (Å²) in [5.41, 5.74) is 2.82. The van der Waals surface area contributed by atoms with Crippen molar-refractivity contribution in [1.82, 2.24) is 9.55 Å². The Bertz CT molecular complexity index is 648. The Labute approximate surface area is 113 Å². The quantitative estimate of drug-likeness (QED) is 0.816. The number of aryl methyl sites for hydroxylation is 1. The Morgan fingerprint density at radius 3 is 2.89 bits per heavy atom. The van der Waals surface area contributed by atoms with Crippen molar-refractivity contribution in [3.05, 3.63) is 29.6 Å². The molecule has 2 unspecified atom stereocenters. The molecule has 1 saturated carbocycles. The average molecular weight is 253 g/mol. The zero-order valence-corrected chi connectivity index (χ0v) is 11.6. The largest absolute Gasteiger partial charge is 0.328 e. The number of imidazole rings is 1. The lowest BCUT2D eigenvalue weighted by Gasteiger charge is -2.16. The topological polar surface area (TPSA) is 41.6 Å². The van der Waals surface area contributed by atoms with Gasteiger partial charge in [-0.05, 0) is 43.9 Å². The fourth-order valence-electron chi connectivity index (χ4n) is 3.36. The fourth-order valence-corrected chi connectivity index (χ4v) is 3.36. The molecule has 0 saturated heterocycles. The molecular weight excluding hydrogens is 234 g/mol. The van der Waals surface area contributed by atoms with Crippen LogP contribution in [0.3, 0.4) is 0 Å². The van der Waals surface area contributed by atoms with E-state index in [-0.39, 0.29) is 0 Å². The SMILES string of the molecule is CCn1c(C2CCCC2C)nc2cc(C#N)ccc21. The van der Waals surface area contributed by atoms with Crippen molar-refractivity contribution in [1.29, 1.82) is 5.26 Å². The molecule has 1 aliphatic rings. The molecule has 19 heavy (non-hydrogen) atoms. The molecule has 3 rings (SSSR count). The van der Waals surface area contributed by atoms with Gasteiger partial charge in [-0.3, -0.25) is 0 Å². The van der Waals surface area contributed by atoms with Gasteiger partial charge in [0.05, 0.1) is 22.7 Å². The summed E-state index contributed by atoms with van der Waals surface area (Å²) >= 11 is 0. The monoisotopic (exact) mass is 253 g/mol. The first-order chi connectivity index (χ1) is 9.24. The van der Waals surface area contributed by atoms with Gasteiger partial charge in [0, 0.05) is 12.5 Å². The number of nitrogens with zero attached hydrogens (tertiary/aromatic N) is 3. The lowest BCUT2D eigenvalue weighted by molar-refractivity contribution is 0.491. The van der Waals surface area contributed by atoms with Gasteiger partial charge in [-0.2, -0.15) is 5.26 Å². The van der Waals surface area contributed by atoms with E-state index in [9.17, 15) is 0 Å². The molecule has 1 aromatic heterocycles. The molecule has 2 aromatic rings. The van der Waals surface area contributed by atoms with Crippen LogP contribution in [-0.4, -0.2) is 9.55 Å². The van der Waals surface area contributed by atoms with Gasteiger partial charge in [-0.15, -0.1) is 0 Å². The number of fused-ring (bicyclic) bond motifs is 1. The standard InChI is InChI=1S/C16H19N3/c1-3-19-15-8-7-12(10-17)9-14(15)18-16(19)13-6-4-5-11(13)2/h7-9,11,13H,3-6H2,1-2H3. The van der Waals surface area contributed by atoms with Gasteiger partial charge < -0.3 is 4.57 Å². The summed E-state index contributed by atoms with van der Waals surface area (Å²) in [5.74, 6) is 2.52. The van der Waals surface area contributed by atoms with Crippen LogP contribution in [0.2, 0.25) is 0 Å². The molecule has 3 nitrogen and oxygen atoms in total. The number of rotatable bonds is 2. The highest BCUT2D eigenvalue weighted by Crippen LogP contribution is 2.39. The van der Waals surface area contributed by atoms with E-state index in [1.165, 1.54) is 25.1 Å². The van der Waals surface area contributed by atoms with Crippen molar-refractivity contribution in [2.45, 2.75) is 45.6 Å². The minimum Gasteiger partial charge on any atom is -0.328 e. The van der Waals surface area contributed by atoms with Crippen LogP contribution in [-0.2, 0) is 6.54 Å². The highest BCUT2D eigenvalue weighted by Gasteiger charge is 2.29. The molecule has 1 heterocycles. The summed E-state index contributed by atoms with van der Waals surface area (Å²) in [6.45, 7) is 5.45. The van der Waals surface area contributed by atoms with Crippen molar-refractivity contribution in [3.8, 4) is 6.07 Å². The molecule has 1 aliphatic carbocycles. The van der Waals surface area contributed by atoms with Gasteiger partial charge in [0.25, 0.3) is 0 Å². The summed E-state index contributed by atoms with van der Waals surface area (Å²) in [6.07, 6.45) is 3.86. The van der Waals surface area contributed by atoms with Crippen LogP contribution in [0, 0.1) is 17.2 Å². The predicted octanol–water partition coefficient (Wildman–Crippen LogP) is 3.83. The third-order valence-electron chi connectivity index (χ3n) is 4.42.